The number of hydrogen-bond acceptors (Lipinski definition) is 3. The normalized spacial score (nSPS) is 21.4. The minimum Gasteiger partial charge on any atom is -0.381 e. The fourth-order valence-corrected chi connectivity index (χ4v) is 3.02. The Bertz CT molecular complexity index is 544. The maximum atomic E-state index is 5.63. The van der Waals surface area contributed by atoms with Crippen molar-refractivity contribution in [1.82, 2.24) is 10.3 Å². The van der Waals surface area contributed by atoms with Gasteiger partial charge in [0.15, 0.2) is 0 Å². The van der Waals surface area contributed by atoms with Crippen molar-refractivity contribution < 1.29 is 4.74 Å². The molecule has 0 aliphatic carbocycles. The van der Waals surface area contributed by atoms with Crippen molar-refractivity contribution in [2.45, 2.75) is 18.9 Å². The highest BCUT2D eigenvalue weighted by molar-refractivity contribution is 5.84. The standard InChI is InChI=1S/C16H20N2O/c1-17-15(13-6-4-10-19-11-13)16-14-7-3-2-5-12(14)8-9-18-16/h2-3,5,7-9,13,15,17H,4,6,10-11H2,1H3. The number of nitrogens with zero attached hydrogens (tertiary/aromatic N) is 1. The molecular formula is C16H20N2O. The molecule has 0 radical (unpaired) electrons. The molecule has 1 saturated heterocycles. The Morgan fingerprint density at radius 3 is 3.00 bits per heavy atom. The smallest absolute Gasteiger partial charge is 0.0654 e. The lowest BCUT2D eigenvalue weighted by Gasteiger charge is -2.30. The Morgan fingerprint density at radius 1 is 1.32 bits per heavy atom. The summed E-state index contributed by atoms with van der Waals surface area (Å²) < 4.78 is 5.63. The van der Waals surface area contributed by atoms with Crippen LogP contribution in [0.25, 0.3) is 10.8 Å². The summed E-state index contributed by atoms with van der Waals surface area (Å²) in [5.41, 5.74) is 1.15. The van der Waals surface area contributed by atoms with Gasteiger partial charge in [-0.3, -0.25) is 4.98 Å². The van der Waals surface area contributed by atoms with Crippen LogP contribution in [0.4, 0.5) is 0 Å². The quantitative estimate of drug-likeness (QED) is 0.917. The van der Waals surface area contributed by atoms with Gasteiger partial charge in [0.25, 0.3) is 0 Å². The van der Waals surface area contributed by atoms with Gasteiger partial charge in [-0.1, -0.05) is 24.3 Å². The van der Waals surface area contributed by atoms with E-state index in [-0.39, 0.29) is 6.04 Å². The minimum absolute atomic E-state index is 0.270. The summed E-state index contributed by atoms with van der Waals surface area (Å²) in [5, 5.41) is 5.94. The molecule has 2 unspecified atom stereocenters. The molecule has 0 bridgehead atoms. The maximum Gasteiger partial charge on any atom is 0.0654 e. The lowest BCUT2D eigenvalue weighted by molar-refractivity contribution is 0.0398. The first-order chi connectivity index (χ1) is 9.40. The van der Waals surface area contributed by atoms with Crippen molar-refractivity contribution in [3.05, 3.63) is 42.2 Å². The molecular weight excluding hydrogens is 236 g/mol. The van der Waals surface area contributed by atoms with Crippen LogP contribution in [-0.4, -0.2) is 25.2 Å². The van der Waals surface area contributed by atoms with Gasteiger partial charge in [-0.15, -0.1) is 0 Å². The molecule has 0 spiro atoms. The second kappa shape index (κ2) is 5.68. The molecule has 1 N–H and O–H groups in total. The van der Waals surface area contributed by atoms with E-state index in [1.807, 2.05) is 13.2 Å². The molecule has 100 valence electrons. The zero-order chi connectivity index (χ0) is 13.1. The Balaban J connectivity index is 2.00. The number of rotatable bonds is 3. The molecule has 1 aliphatic heterocycles. The monoisotopic (exact) mass is 256 g/mol. The van der Waals surface area contributed by atoms with Crippen LogP contribution in [0.3, 0.4) is 0 Å². The Kier molecular flexibility index (Phi) is 3.76. The van der Waals surface area contributed by atoms with Crippen LogP contribution >= 0.6 is 0 Å². The van der Waals surface area contributed by atoms with Gasteiger partial charge >= 0.3 is 0 Å². The number of aromatic nitrogens is 1. The van der Waals surface area contributed by atoms with E-state index in [0.29, 0.717) is 5.92 Å². The van der Waals surface area contributed by atoms with Gasteiger partial charge in [0, 0.05) is 24.1 Å². The van der Waals surface area contributed by atoms with Gasteiger partial charge in [-0.05, 0) is 31.3 Å². The number of fused-ring (bicyclic) bond motifs is 1. The highest BCUT2D eigenvalue weighted by atomic mass is 16.5. The second-order valence-corrected chi connectivity index (χ2v) is 5.16. The van der Waals surface area contributed by atoms with Crippen LogP contribution in [0.2, 0.25) is 0 Å². The van der Waals surface area contributed by atoms with Crippen molar-refractivity contribution in [3.8, 4) is 0 Å². The van der Waals surface area contributed by atoms with Gasteiger partial charge < -0.3 is 10.1 Å². The van der Waals surface area contributed by atoms with Crippen molar-refractivity contribution in [3.63, 3.8) is 0 Å². The van der Waals surface area contributed by atoms with Crippen LogP contribution in [0.15, 0.2) is 36.5 Å². The zero-order valence-electron chi connectivity index (χ0n) is 11.3. The van der Waals surface area contributed by atoms with E-state index in [9.17, 15) is 0 Å². The van der Waals surface area contributed by atoms with Crippen molar-refractivity contribution in [2.24, 2.45) is 5.92 Å². The van der Waals surface area contributed by atoms with E-state index >= 15 is 0 Å². The molecule has 3 nitrogen and oxygen atoms in total. The van der Waals surface area contributed by atoms with Crippen LogP contribution in [-0.2, 0) is 4.74 Å². The summed E-state index contributed by atoms with van der Waals surface area (Å²) in [5.74, 6) is 0.511. The average molecular weight is 256 g/mol. The molecule has 3 heteroatoms. The molecule has 2 aromatic rings. The number of pyridine rings is 1. The van der Waals surface area contributed by atoms with E-state index in [4.69, 9.17) is 4.74 Å². The van der Waals surface area contributed by atoms with Gasteiger partial charge in [-0.25, -0.2) is 0 Å². The third-order valence-corrected chi connectivity index (χ3v) is 3.98. The van der Waals surface area contributed by atoms with Crippen molar-refractivity contribution in [2.75, 3.05) is 20.3 Å². The van der Waals surface area contributed by atoms with Crippen LogP contribution in [0.1, 0.15) is 24.6 Å². The third kappa shape index (κ3) is 2.48. The Labute approximate surface area is 114 Å². The maximum absolute atomic E-state index is 5.63. The topological polar surface area (TPSA) is 34.2 Å². The van der Waals surface area contributed by atoms with Gasteiger partial charge in [0.1, 0.15) is 0 Å². The number of nitrogens with one attached hydrogen (secondary N) is 1. The van der Waals surface area contributed by atoms with Gasteiger partial charge in [0.05, 0.1) is 18.3 Å². The summed E-state index contributed by atoms with van der Waals surface area (Å²) in [6, 6.07) is 10.8. The number of ether oxygens (including phenoxy) is 1. The average Bonchev–Trinajstić information content (AvgIpc) is 2.49. The summed E-state index contributed by atoms with van der Waals surface area (Å²) in [7, 11) is 2.02. The van der Waals surface area contributed by atoms with Crippen LogP contribution in [0.5, 0.6) is 0 Å². The number of hydrogen-bond donors (Lipinski definition) is 1. The molecule has 2 heterocycles. The molecule has 1 aromatic carbocycles. The molecule has 2 atom stereocenters. The second-order valence-electron chi connectivity index (χ2n) is 5.16. The fraction of sp³-hybridized carbons (Fsp3) is 0.438. The van der Waals surface area contributed by atoms with E-state index in [0.717, 1.165) is 25.3 Å². The van der Waals surface area contributed by atoms with Gasteiger partial charge in [0.2, 0.25) is 0 Å². The van der Waals surface area contributed by atoms with Crippen LogP contribution < -0.4 is 5.32 Å². The predicted molar refractivity (Wildman–Crippen MR) is 77.1 cm³/mol. The highest BCUT2D eigenvalue weighted by Crippen LogP contribution is 2.31. The van der Waals surface area contributed by atoms with Crippen molar-refractivity contribution >= 4 is 10.8 Å². The van der Waals surface area contributed by atoms with E-state index in [1.165, 1.54) is 17.2 Å². The van der Waals surface area contributed by atoms with E-state index < -0.39 is 0 Å². The molecule has 1 aliphatic rings. The lowest BCUT2D eigenvalue weighted by atomic mass is 9.89. The molecule has 0 saturated carbocycles. The van der Waals surface area contributed by atoms with E-state index in [2.05, 4.69) is 40.6 Å². The minimum atomic E-state index is 0.270. The highest BCUT2D eigenvalue weighted by Gasteiger charge is 2.26. The van der Waals surface area contributed by atoms with Crippen molar-refractivity contribution in [1.29, 1.82) is 0 Å². The van der Waals surface area contributed by atoms with Crippen LogP contribution in [0, 0.1) is 5.92 Å². The summed E-state index contributed by atoms with van der Waals surface area (Å²) in [6.45, 7) is 1.73. The first kappa shape index (κ1) is 12.6. The molecule has 1 fully saturated rings. The first-order valence-corrected chi connectivity index (χ1v) is 6.99. The predicted octanol–water partition coefficient (Wildman–Crippen LogP) is 2.92. The fourth-order valence-electron chi connectivity index (χ4n) is 3.02. The Hall–Kier alpha value is -1.45. The Morgan fingerprint density at radius 2 is 2.21 bits per heavy atom. The summed E-state index contributed by atoms with van der Waals surface area (Å²) in [6.07, 6.45) is 4.26. The number of benzene rings is 1. The molecule has 1 aromatic heterocycles. The molecule has 3 rings (SSSR count). The SMILES string of the molecule is CNC(c1nccc2ccccc12)C1CCCOC1. The summed E-state index contributed by atoms with van der Waals surface area (Å²) in [4.78, 5) is 4.64. The zero-order valence-corrected chi connectivity index (χ0v) is 11.3. The summed E-state index contributed by atoms with van der Waals surface area (Å²) >= 11 is 0. The first-order valence-electron chi connectivity index (χ1n) is 6.99. The van der Waals surface area contributed by atoms with E-state index in [1.54, 1.807) is 0 Å². The molecule has 0 amide bonds. The largest absolute Gasteiger partial charge is 0.381 e. The molecule has 19 heavy (non-hydrogen) atoms. The lowest BCUT2D eigenvalue weighted by Crippen LogP contribution is -2.32. The van der Waals surface area contributed by atoms with Gasteiger partial charge in [-0.2, -0.15) is 0 Å². The third-order valence-electron chi connectivity index (χ3n) is 3.98.